The molecule has 0 spiro atoms. The quantitative estimate of drug-likeness (QED) is 0.687. The maximum atomic E-state index is 13.5. The third-order valence-corrected chi connectivity index (χ3v) is 5.84. The van der Waals surface area contributed by atoms with E-state index in [4.69, 9.17) is 9.47 Å². The number of carbonyl (C=O) groups excluding carboxylic acids is 3. The summed E-state index contributed by atoms with van der Waals surface area (Å²) in [7, 11) is 1.53. The second kappa shape index (κ2) is 7.91. The molecule has 7 heteroatoms. The number of benzene rings is 2. The lowest BCUT2D eigenvalue weighted by Gasteiger charge is -2.48. The molecule has 1 saturated heterocycles. The van der Waals surface area contributed by atoms with Crippen LogP contribution in [0.4, 0.5) is 5.69 Å². The monoisotopic (exact) mass is 408 g/mol. The molecule has 2 aliphatic rings. The number of para-hydroxylation sites is 1. The van der Waals surface area contributed by atoms with Gasteiger partial charge in [-0.3, -0.25) is 14.5 Å². The van der Waals surface area contributed by atoms with Crippen molar-refractivity contribution in [3.05, 3.63) is 65.2 Å². The minimum atomic E-state index is -1.50. The summed E-state index contributed by atoms with van der Waals surface area (Å²) in [5.41, 5.74) is 1.23. The Labute approximate surface area is 175 Å². The number of amides is 2. The van der Waals surface area contributed by atoms with E-state index in [0.717, 1.165) is 11.1 Å². The second-order valence-electron chi connectivity index (χ2n) is 7.52. The van der Waals surface area contributed by atoms with E-state index in [2.05, 4.69) is 0 Å². The number of nitrogens with zero attached hydrogens (tertiary/aromatic N) is 2. The maximum Gasteiger partial charge on any atom is 0.354 e. The van der Waals surface area contributed by atoms with E-state index >= 15 is 0 Å². The third-order valence-electron chi connectivity index (χ3n) is 5.84. The molecular weight excluding hydrogens is 384 g/mol. The van der Waals surface area contributed by atoms with Gasteiger partial charge in [0.25, 0.3) is 5.91 Å². The molecule has 2 aliphatic heterocycles. The molecule has 0 aliphatic carbocycles. The zero-order chi connectivity index (χ0) is 21.3. The molecule has 1 atom stereocenters. The Kier molecular flexibility index (Phi) is 5.30. The smallest absolute Gasteiger partial charge is 0.354 e. The van der Waals surface area contributed by atoms with Crippen molar-refractivity contribution in [2.45, 2.75) is 32.0 Å². The van der Waals surface area contributed by atoms with Crippen LogP contribution < -0.4 is 4.90 Å². The van der Waals surface area contributed by atoms with Crippen molar-refractivity contribution in [1.29, 1.82) is 0 Å². The van der Waals surface area contributed by atoms with E-state index in [1.807, 2.05) is 31.2 Å². The molecule has 0 N–H and O–H groups in total. The minimum Gasteiger partial charge on any atom is -0.458 e. The molecule has 7 nitrogen and oxygen atoms in total. The van der Waals surface area contributed by atoms with Crippen LogP contribution >= 0.6 is 0 Å². The average molecular weight is 408 g/mol. The van der Waals surface area contributed by atoms with Gasteiger partial charge in [0, 0.05) is 26.5 Å². The molecule has 2 amide bonds. The molecule has 0 unspecified atom stereocenters. The van der Waals surface area contributed by atoms with Gasteiger partial charge >= 0.3 is 5.97 Å². The number of carbonyl (C=O) groups is 3. The molecule has 156 valence electrons. The van der Waals surface area contributed by atoms with Crippen LogP contribution in [0.3, 0.4) is 0 Å². The van der Waals surface area contributed by atoms with Crippen molar-refractivity contribution in [3.63, 3.8) is 0 Å². The topological polar surface area (TPSA) is 76.2 Å². The SMILES string of the molecule is COCCN1C(=O)c2ccccc2N2C(=O)CC[C@]12C(=O)OCc1ccccc1C. The zero-order valence-corrected chi connectivity index (χ0v) is 17.1. The number of rotatable bonds is 6. The third kappa shape index (κ3) is 3.06. The maximum absolute atomic E-state index is 13.5. The van der Waals surface area contributed by atoms with Crippen molar-refractivity contribution < 1.29 is 23.9 Å². The first-order chi connectivity index (χ1) is 14.5. The summed E-state index contributed by atoms with van der Waals surface area (Å²) in [6, 6.07) is 14.5. The van der Waals surface area contributed by atoms with Crippen molar-refractivity contribution >= 4 is 23.5 Å². The standard InChI is InChI=1S/C23H24N2O5/c1-16-7-3-4-8-17(16)15-30-22(28)23-12-11-20(26)25(23)19-10-6-5-9-18(19)21(27)24(23)13-14-29-2/h3-10H,11-15H2,1-2H3/t23-/m0/s1. The van der Waals surface area contributed by atoms with Crippen molar-refractivity contribution in [3.8, 4) is 0 Å². The summed E-state index contributed by atoms with van der Waals surface area (Å²) in [5.74, 6) is -1.11. The molecule has 2 aromatic carbocycles. The van der Waals surface area contributed by atoms with E-state index < -0.39 is 11.6 Å². The van der Waals surface area contributed by atoms with Crippen molar-refractivity contribution in [2.24, 2.45) is 0 Å². The lowest BCUT2D eigenvalue weighted by atomic mass is 9.96. The summed E-state index contributed by atoms with van der Waals surface area (Å²) in [4.78, 5) is 42.6. The Bertz CT molecular complexity index is 1000. The molecular formula is C23H24N2O5. The summed E-state index contributed by atoms with van der Waals surface area (Å²) in [6.45, 7) is 2.43. The van der Waals surface area contributed by atoms with Crippen LogP contribution in [0.25, 0.3) is 0 Å². The van der Waals surface area contributed by atoms with Crippen LogP contribution in [0.5, 0.6) is 0 Å². The van der Waals surface area contributed by atoms with Crippen LogP contribution in [-0.4, -0.2) is 48.6 Å². The van der Waals surface area contributed by atoms with E-state index in [1.165, 1.54) is 16.9 Å². The number of methoxy groups -OCH3 is 1. The first-order valence-corrected chi connectivity index (χ1v) is 9.95. The number of anilines is 1. The van der Waals surface area contributed by atoms with Gasteiger partial charge in [-0.2, -0.15) is 0 Å². The van der Waals surface area contributed by atoms with Gasteiger partial charge in [-0.15, -0.1) is 0 Å². The van der Waals surface area contributed by atoms with Gasteiger partial charge in [-0.05, 0) is 30.2 Å². The van der Waals surface area contributed by atoms with Crippen LogP contribution in [-0.2, 0) is 25.7 Å². The summed E-state index contributed by atoms with van der Waals surface area (Å²) >= 11 is 0. The normalized spacial score (nSPS) is 20.2. The highest BCUT2D eigenvalue weighted by Crippen LogP contribution is 2.45. The van der Waals surface area contributed by atoms with Gasteiger partial charge in [0.05, 0.1) is 17.9 Å². The second-order valence-corrected chi connectivity index (χ2v) is 7.52. The Balaban J connectivity index is 1.74. The van der Waals surface area contributed by atoms with E-state index in [-0.39, 0.29) is 44.4 Å². The number of fused-ring (bicyclic) bond motifs is 3. The molecule has 0 bridgehead atoms. The Morgan fingerprint density at radius 1 is 1.10 bits per heavy atom. The highest BCUT2D eigenvalue weighted by molar-refractivity contribution is 6.15. The fraction of sp³-hybridized carbons (Fsp3) is 0.348. The van der Waals surface area contributed by atoms with Gasteiger partial charge in [0.15, 0.2) is 0 Å². The number of aryl methyl sites for hydroxylation is 1. The van der Waals surface area contributed by atoms with Crippen LogP contribution in [0, 0.1) is 6.92 Å². The molecule has 2 heterocycles. The first kappa shape index (κ1) is 20.1. The summed E-state index contributed by atoms with van der Waals surface area (Å²) in [6.07, 6.45) is 0.340. The van der Waals surface area contributed by atoms with E-state index in [0.29, 0.717) is 11.3 Å². The zero-order valence-electron chi connectivity index (χ0n) is 17.1. The number of hydrogen-bond donors (Lipinski definition) is 0. The van der Waals surface area contributed by atoms with Crippen molar-refractivity contribution in [2.75, 3.05) is 25.2 Å². The summed E-state index contributed by atoms with van der Waals surface area (Å²) in [5, 5.41) is 0. The molecule has 0 aromatic heterocycles. The van der Waals surface area contributed by atoms with Crippen LogP contribution in [0.15, 0.2) is 48.5 Å². The Hall–Kier alpha value is -3.19. The highest BCUT2D eigenvalue weighted by atomic mass is 16.5. The molecule has 0 radical (unpaired) electrons. The lowest BCUT2D eigenvalue weighted by molar-refractivity contribution is -0.159. The molecule has 2 aromatic rings. The van der Waals surface area contributed by atoms with E-state index in [9.17, 15) is 14.4 Å². The molecule has 0 saturated carbocycles. The fourth-order valence-electron chi connectivity index (χ4n) is 4.27. The number of ether oxygens (including phenoxy) is 2. The summed E-state index contributed by atoms with van der Waals surface area (Å²) < 4.78 is 10.9. The van der Waals surface area contributed by atoms with Gasteiger partial charge in [0.1, 0.15) is 6.61 Å². The highest BCUT2D eigenvalue weighted by Gasteiger charge is 2.61. The predicted molar refractivity (Wildman–Crippen MR) is 110 cm³/mol. The average Bonchev–Trinajstić information content (AvgIpc) is 3.11. The van der Waals surface area contributed by atoms with Gasteiger partial charge < -0.3 is 14.4 Å². The first-order valence-electron chi connectivity index (χ1n) is 9.95. The molecule has 1 fully saturated rings. The Morgan fingerprint density at radius 2 is 1.83 bits per heavy atom. The lowest BCUT2D eigenvalue weighted by Crippen LogP contribution is -2.68. The van der Waals surface area contributed by atoms with Crippen molar-refractivity contribution in [1.82, 2.24) is 4.90 Å². The predicted octanol–water partition coefficient (Wildman–Crippen LogP) is 2.66. The van der Waals surface area contributed by atoms with Gasteiger partial charge in [-0.1, -0.05) is 36.4 Å². The minimum absolute atomic E-state index is 0.0727. The Morgan fingerprint density at radius 3 is 2.60 bits per heavy atom. The van der Waals surface area contributed by atoms with Gasteiger partial charge in [0.2, 0.25) is 11.6 Å². The number of esters is 1. The van der Waals surface area contributed by atoms with Gasteiger partial charge in [-0.25, -0.2) is 4.79 Å². The fourth-order valence-corrected chi connectivity index (χ4v) is 4.27. The molecule has 30 heavy (non-hydrogen) atoms. The van der Waals surface area contributed by atoms with Crippen LogP contribution in [0.1, 0.15) is 34.3 Å². The largest absolute Gasteiger partial charge is 0.458 e. The van der Waals surface area contributed by atoms with E-state index in [1.54, 1.807) is 24.3 Å². The van der Waals surface area contributed by atoms with Crippen LogP contribution in [0.2, 0.25) is 0 Å². The molecule has 4 rings (SSSR count). The number of hydrogen-bond acceptors (Lipinski definition) is 5.